The molecule has 0 radical (unpaired) electrons. The van der Waals surface area contributed by atoms with Gasteiger partial charge in [0.05, 0.1) is 17.9 Å². The molecule has 2 heterocycles. The molecule has 0 bridgehead atoms. The molecule has 0 saturated heterocycles. The monoisotopic (exact) mass is 656 g/mol. The lowest BCUT2D eigenvalue weighted by Gasteiger charge is -2.26. The lowest BCUT2D eigenvalue weighted by atomic mass is 10.1. The van der Waals surface area contributed by atoms with Gasteiger partial charge in [0.2, 0.25) is 0 Å². The van der Waals surface area contributed by atoms with E-state index in [1.54, 1.807) is 0 Å². The fraction of sp³-hybridized carbons (Fsp3) is 0.116. The molecule has 2 amide bonds. The van der Waals surface area contributed by atoms with Crippen LogP contribution in [0.2, 0.25) is 0 Å². The van der Waals surface area contributed by atoms with Gasteiger partial charge in [-0.25, -0.2) is 14.5 Å². The van der Waals surface area contributed by atoms with E-state index in [2.05, 4.69) is 47.2 Å². The summed E-state index contributed by atoms with van der Waals surface area (Å²) in [5, 5.41) is 4.25. The molecule has 0 N–H and O–H groups in total. The third kappa shape index (κ3) is 5.33. The van der Waals surface area contributed by atoms with Crippen molar-refractivity contribution in [3.8, 4) is 0 Å². The second kappa shape index (κ2) is 12.9. The van der Waals surface area contributed by atoms with Crippen molar-refractivity contribution in [1.82, 2.24) is 9.13 Å². The topological polar surface area (TPSA) is 59.7 Å². The number of carbonyl (C=O) groups excluding carboxylic acids is 2. The van der Waals surface area contributed by atoms with Crippen molar-refractivity contribution in [1.29, 1.82) is 0 Å². The molecule has 246 valence electrons. The van der Waals surface area contributed by atoms with Gasteiger partial charge in [0, 0.05) is 62.4 Å². The average Bonchev–Trinajstić information content (AvgIpc) is 3.66. The summed E-state index contributed by atoms with van der Waals surface area (Å²) in [6.45, 7) is 6.10. The molecule has 7 nitrogen and oxygen atoms in total. The first-order valence-corrected chi connectivity index (χ1v) is 17.0. The van der Waals surface area contributed by atoms with Gasteiger partial charge in [-0.2, -0.15) is 0 Å². The molecular formula is C43H36N4O3. The molecule has 0 atom stereocenters. The van der Waals surface area contributed by atoms with E-state index < -0.39 is 12.2 Å². The van der Waals surface area contributed by atoms with E-state index in [1.165, 1.54) is 9.80 Å². The standard InChI is InChI=1S/C43H36N4O3/c1-3-44-38-21-13-11-19-34(38)36-27-32(23-25-40(36)44)46(29-30-15-7-5-8-16-30)42(48)50-43(49)47(31-17-9-6-10-18-31)33-24-26-41-37(28-33)35-20-12-14-22-39(35)45(41)4-2/h5-28H,3-4,29H2,1-2H3. The van der Waals surface area contributed by atoms with E-state index in [4.69, 9.17) is 4.74 Å². The van der Waals surface area contributed by atoms with Crippen molar-refractivity contribution >= 4 is 72.9 Å². The molecule has 0 fully saturated rings. The Bertz CT molecular complexity index is 2520. The van der Waals surface area contributed by atoms with Crippen LogP contribution < -0.4 is 9.80 Å². The summed E-state index contributed by atoms with van der Waals surface area (Å²) in [5.74, 6) is 0. The predicted octanol–water partition coefficient (Wildman–Crippen LogP) is 11.0. The summed E-state index contributed by atoms with van der Waals surface area (Å²) in [6.07, 6.45) is -1.55. The lowest BCUT2D eigenvalue weighted by Crippen LogP contribution is -2.37. The van der Waals surface area contributed by atoms with Gasteiger partial charge in [0.25, 0.3) is 0 Å². The first kappa shape index (κ1) is 31.0. The van der Waals surface area contributed by atoms with Crippen LogP contribution in [0, 0.1) is 0 Å². The van der Waals surface area contributed by atoms with Crippen LogP contribution >= 0.6 is 0 Å². The summed E-state index contributed by atoms with van der Waals surface area (Å²) >= 11 is 0. The molecule has 0 aliphatic heterocycles. The first-order valence-electron chi connectivity index (χ1n) is 17.0. The Morgan fingerprint density at radius 2 is 0.980 bits per heavy atom. The maximum absolute atomic E-state index is 14.3. The number of benzene rings is 6. The summed E-state index contributed by atoms with van der Waals surface area (Å²) in [4.78, 5) is 31.5. The molecule has 7 heteroatoms. The van der Waals surface area contributed by atoms with Gasteiger partial charge < -0.3 is 13.9 Å². The molecule has 0 spiro atoms. The Morgan fingerprint density at radius 1 is 0.500 bits per heavy atom. The number of ether oxygens (including phenoxy) is 1. The van der Waals surface area contributed by atoms with E-state index in [9.17, 15) is 9.59 Å². The van der Waals surface area contributed by atoms with Crippen LogP contribution in [0.15, 0.2) is 146 Å². The van der Waals surface area contributed by atoms with Crippen molar-refractivity contribution in [2.75, 3.05) is 9.80 Å². The minimum Gasteiger partial charge on any atom is -0.358 e. The lowest BCUT2D eigenvalue weighted by molar-refractivity contribution is 0.161. The maximum Gasteiger partial charge on any atom is 0.427 e. The number of fused-ring (bicyclic) bond motifs is 6. The number of aryl methyl sites for hydroxylation is 2. The highest BCUT2D eigenvalue weighted by Crippen LogP contribution is 2.36. The Morgan fingerprint density at radius 3 is 1.56 bits per heavy atom. The highest BCUT2D eigenvalue weighted by molar-refractivity contribution is 6.12. The number of para-hydroxylation sites is 3. The zero-order valence-corrected chi connectivity index (χ0v) is 28.0. The van der Waals surface area contributed by atoms with Crippen molar-refractivity contribution in [2.45, 2.75) is 33.5 Å². The van der Waals surface area contributed by atoms with Crippen molar-refractivity contribution in [3.05, 3.63) is 151 Å². The maximum atomic E-state index is 14.3. The summed E-state index contributed by atoms with van der Waals surface area (Å²) in [6, 6.07) is 47.5. The zero-order valence-electron chi connectivity index (χ0n) is 28.0. The van der Waals surface area contributed by atoms with Crippen molar-refractivity contribution in [3.63, 3.8) is 0 Å². The number of hydrogen-bond donors (Lipinski definition) is 0. The average molecular weight is 657 g/mol. The number of rotatable bonds is 7. The van der Waals surface area contributed by atoms with Gasteiger partial charge in [0.1, 0.15) is 0 Å². The molecule has 0 aliphatic carbocycles. The second-order valence-electron chi connectivity index (χ2n) is 12.3. The van der Waals surface area contributed by atoms with Gasteiger partial charge in [0.15, 0.2) is 0 Å². The van der Waals surface area contributed by atoms with Crippen LogP contribution in [0.4, 0.5) is 26.7 Å². The molecule has 6 aromatic carbocycles. The molecule has 0 saturated carbocycles. The number of nitrogens with zero attached hydrogens (tertiary/aromatic N) is 4. The highest BCUT2D eigenvalue weighted by Gasteiger charge is 2.28. The van der Waals surface area contributed by atoms with Gasteiger partial charge >= 0.3 is 12.2 Å². The molecule has 8 aromatic rings. The van der Waals surface area contributed by atoms with E-state index in [1.807, 2.05) is 121 Å². The van der Waals surface area contributed by atoms with E-state index in [0.29, 0.717) is 17.1 Å². The Kier molecular flexibility index (Phi) is 8.01. The SMILES string of the molecule is CCn1c2ccccc2c2cc(N(Cc3ccccc3)C(=O)OC(=O)N(c3ccccc3)c3ccc4c(c3)c3ccccc3n4CC)ccc21. The third-order valence-electron chi connectivity index (χ3n) is 9.49. The van der Waals surface area contributed by atoms with E-state index in [-0.39, 0.29) is 6.54 Å². The Labute approximate surface area is 290 Å². The molecule has 2 aromatic heterocycles. The molecule has 0 unspecified atom stereocenters. The van der Waals surface area contributed by atoms with Gasteiger partial charge in [-0.15, -0.1) is 0 Å². The Balaban J connectivity index is 1.20. The summed E-state index contributed by atoms with van der Waals surface area (Å²) < 4.78 is 10.4. The van der Waals surface area contributed by atoms with E-state index >= 15 is 0 Å². The fourth-order valence-corrected chi connectivity index (χ4v) is 7.21. The molecule has 50 heavy (non-hydrogen) atoms. The number of anilines is 3. The van der Waals surface area contributed by atoms with Crippen LogP contribution in [0.5, 0.6) is 0 Å². The van der Waals surface area contributed by atoms with Crippen LogP contribution in [0.3, 0.4) is 0 Å². The van der Waals surface area contributed by atoms with Crippen LogP contribution in [0.1, 0.15) is 19.4 Å². The van der Waals surface area contributed by atoms with Gasteiger partial charge in [-0.05, 0) is 80.1 Å². The number of carbonyl (C=O) groups is 2. The summed E-state index contributed by atoms with van der Waals surface area (Å²) in [7, 11) is 0. The fourth-order valence-electron chi connectivity index (χ4n) is 7.21. The normalized spacial score (nSPS) is 11.4. The highest BCUT2D eigenvalue weighted by atomic mass is 16.6. The minimum atomic E-state index is -0.790. The number of hydrogen-bond acceptors (Lipinski definition) is 3. The molecule has 0 aliphatic rings. The van der Waals surface area contributed by atoms with Gasteiger partial charge in [-0.3, -0.25) is 4.90 Å². The third-order valence-corrected chi connectivity index (χ3v) is 9.49. The van der Waals surface area contributed by atoms with Crippen LogP contribution in [-0.4, -0.2) is 21.3 Å². The van der Waals surface area contributed by atoms with Crippen LogP contribution in [0.25, 0.3) is 43.6 Å². The molecular weight excluding hydrogens is 620 g/mol. The second-order valence-corrected chi connectivity index (χ2v) is 12.3. The predicted molar refractivity (Wildman–Crippen MR) is 203 cm³/mol. The Hall–Kier alpha value is -6.34. The largest absolute Gasteiger partial charge is 0.427 e. The quantitative estimate of drug-likeness (QED) is 0.160. The van der Waals surface area contributed by atoms with E-state index in [0.717, 1.165) is 62.3 Å². The smallest absolute Gasteiger partial charge is 0.358 e. The number of aromatic nitrogens is 2. The van der Waals surface area contributed by atoms with Crippen LogP contribution in [-0.2, 0) is 24.4 Å². The first-order chi connectivity index (χ1) is 24.6. The van der Waals surface area contributed by atoms with Crippen molar-refractivity contribution < 1.29 is 14.3 Å². The van der Waals surface area contributed by atoms with Crippen molar-refractivity contribution in [2.24, 2.45) is 0 Å². The summed E-state index contributed by atoms with van der Waals surface area (Å²) in [5.41, 5.74) is 7.15. The minimum absolute atomic E-state index is 0.221. The zero-order chi connectivity index (χ0) is 34.2. The van der Waals surface area contributed by atoms with Gasteiger partial charge in [-0.1, -0.05) is 84.9 Å². The number of amides is 2. The molecule has 8 rings (SSSR count).